The summed E-state index contributed by atoms with van der Waals surface area (Å²) in [6.45, 7) is 0. The lowest BCUT2D eigenvalue weighted by Crippen LogP contribution is -1.95. The summed E-state index contributed by atoms with van der Waals surface area (Å²) in [5.74, 6) is 0.711. The van der Waals surface area contributed by atoms with Gasteiger partial charge in [0.25, 0.3) is 0 Å². The predicted molar refractivity (Wildman–Crippen MR) is 92.1 cm³/mol. The molecule has 3 nitrogen and oxygen atoms in total. The van der Waals surface area contributed by atoms with E-state index < -0.39 is 0 Å². The monoisotopic (exact) mass is 298 g/mol. The molecule has 23 heavy (non-hydrogen) atoms. The molecular formula is C20H14N2O. The Morgan fingerprint density at radius 1 is 0.652 bits per heavy atom. The minimum atomic E-state index is 0.182. The van der Waals surface area contributed by atoms with Crippen molar-refractivity contribution < 1.29 is 5.11 Å². The topological polar surface area (TPSA) is 46.0 Å². The molecule has 110 valence electrons. The van der Waals surface area contributed by atoms with E-state index in [2.05, 4.69) is 4.98 Å². The van der Waals surface area contributed by atoms with E-state index in [1.54, 1.807) is 12.1 Å². The van der Waals surface area contributed by atoms with Crippen molar-refractivity contribution >= 4 is 10.9 Å². The fourth-order valence-corrected chi connectivity index (χ4v) is 2.68. The smallest absolute Gasteiger partial charge is 0.164 e. The minimum Gasteiger partial charge on any atom is -0.507 e. The molecule has 1 N–H and O–H groups in total. The number of rotatable bonds is 2. The molecule has 4 aromatic rings. The van der Waals surface area contributed by atoms with Gasteiger partial charge in [0.2, 0.25) is 0 Å². The highest BCUT2D eigenvalue weighted by Gasteiger charge is 2.12. The van der Waals surface area contributed by atoms with Crippen molar-refractivity contribution in [2.24, 2.45) is 0 Å². The summed E-state index contributed by atoms with van der Waals surface area (Å²) in [6, 6.07) is 25.1. The minimum absolute atomic E-state index is 0.182. The van der Waals surface area contributed by atoms with Crippen LogP contribution in [0.4, 0.5) is 0 Å². The van der Waals surface area contributed by atoms with Gasteiger partial charge in [0, 0.05) is 10.9 Å². The molecular weight excluding hydrogens is 284 g/mol. The van der Waals surface area contributed by atoms with Gasteiger partial charge in [-0.2, -0.15) is 0 Å². The summed E-state index contributed by atoms with van der Waals surface area (Å²) in [4.78, 5) is 9.35. The lowest BCUT2D eigenvalue weighted by Gasteiger charge is -2.10. The van der Waals surface area contributed by atoms with Crippen molar-refractivity contribution in [2.45, 2.75) is 0 Å². The SMILES string of the molecule is Oc1ccccc1-c1nc(-c2ccccc2)c2ccccc2n1. The van der Waals surface area contributed by atoms with Crippen molar-refractivity contribution in [2.75, 3.05) is 0 Å². The van der Waals surface area contributed by atoms with Crippen molar-refractivity contribution in [1.29, 1.82) is 0 Å². The fourth-order valence-electron chi connectivity index (χ4n) is 2.68. The number of fused-ring (bicyclic) bond motifs is 1. The number of phenolic OH excluding ortho intramolecular Hbond substituents is 1. The average molecular weight is 298 g/mol. The summed E-state index contributed by atoms with van der Waals surface area (Å²) in [7, 11) is 0. The van der Waals surface area contributed by atoms with Crippen LogP contribution in [0.15, 0.2) is 78.9 Å². The fraction of sp³-hybridized carbons (Fsp3) is 0. The second kappa shape index (κ2) is 5.54. The van der Waals surface area contributed by atoms with Crippen molar-refractivity contribution in [3.05, 3.63) is 78.9 Å². The maximum absolute atomic E-state index is 10.1. The van der Waals surface area contributed by atoms with Gasteiger partial charge in [0.1, 0.15) is 5.75 Å². The molecule has 0 saturated carbocycles. The Morgan fingerprint density at radius 2 is 1.35 bits per heavy atom. The highest BCUT2D eigenvalue weighted by Crippen LogP contribution is 2.31. The maximum atomic E-state index is 10.1. The summed E-state index contributed by atoms with van der Waals surface area (Å²) in [6.07, 6.45) is 0. The molecule has 0 unspecified atom stereocenters. The van der Waals surface area contributed by atoms with E-state index in [0.717, 1.165) is 22.2 Å². The Kier molecular flexibility index (Phi) is 3.24. The first kappa shape index (κ1) is 13.5. The van der Waals surface area contributed by atoms with Gasteiger partial charge in [-0.1, -0.05) is 60.7 Å². The van der Waals surface area contributed by atoms with E-state index >= 15 is 0 Å². The van der Waals surface area contributed by atoms with Crippen LogP contribution in [0.3, 0.4) is 0 Å². The van der Waals surface area contributed by atoms with Crippen molar-refractivity contribution in [3.63, 3.8) is 0 Å². The molecule has 0 aliphatic heterocycles. The summed E-state index contributed by atoms with van der Waals surface area (Å²) >= 11 is 0. The van der Waals surface area contributed by atoms with Crippen LogP contribution in [0.1, 0.15) is 0 Å². The number of hydrogen-bond acceptors (Lipinski definition) is 3. The zero-order chi connectivity index (χ0) is 15.6. The molecule has 0 atom stereocenters. The number of nitrogens with zero attached hydrogens (tertiary/aromatic N) is 2. The number of benzene rings is 3. The first-order valence-electron chi connectivity index (χ1n) is 7.43. The van der Waals surface area contributed by atoms with Crippen LogP contribution in [0.5, 0.6) is 5.75 Å². The van der Waals surface area contributed by atoms with Gasteiger partial charge >= 0.3 is 0 Å². The van der Waals surface area contributed by atoms with Gasteiger partial charge in [-0.15, -0.1) is 0 Å². The Morgan fingerprint density at radius 3 is 2.17 bits per heavy atom. The van der Waals surface area contributed by atoms with Crippen molar-refractivity contribution in [3.8, 4) is 28.4 Å². The lowest BCUT2D eigenvalue weighted by atomic mass is 10.1. The van der Waals surface area contributed by atoms with Gasteiger partial charge in [-0.3, -0.25) is 0 Å². The second-order valence-electron chi connectivity index (χ2n) is 5.30. The quantitative estimate of drug-likeness (QED) is 0.585. The molecule has 1 heterocycles. The molecule has 1 aromatic heterocycles. The summed E-state index contributed by atoms with van der Waals surface area (Å²) in [5.41, 5.74) is 3.40. The third-order valence-electron chi connectivity index (χ3n) is 3.80. The second-order valence-corrected chi connectivity index (χ2v) is 5.30. The summed E-state index contributed by atoms with van der Waals surface area (Å²) in [5, 5.41) is 11.1. The molecule has 4 rings (SSSR count). The molecule has 0 aliphatic rings. The van der Waals surface area contributed by atoms with E-state index in [9.17, 15) is 5.11 Å². The first-order valence-corrected chi connectivity index (χ1v) is 7.43. The van der Waals surface area contributed by atoms with Gasteiger partial charge < -0.3 is 5.11 Å². The van der Waals surface area contributed by atoms with Crippen LogP contribution in [0, 0.1) is 0 Å². The van der Waals surface area contributed by atoms with E-state index in [1.807, 2.05) is 66.7 Å². The van der Waals surface area contributed by atoms with Crippen LogP contribution in [-0.4, -0.2) is 15.1 Å². The standard InChI is InChI=1S/C20H14N2O/c23-18-13-7-5-11-16(18)20-21-17-12-6-4-10-15(17)19(22-20)14-8-2-1-3-9-14/h1-13,23H. The molecule has 3 heteroatoms. The highest BCUT2D eigenvalue weighted by atomic mass is 16.3. The third-order valence-corrected chi connectivity index (χ3v) is 3.80. The number of para-hydroxylation sites is 2. The Bertz CT molecular complexity index is 981. The molecule has 0 fully saturated rings. The van der Waals surface area contributed by atoms with Crippen LogP contribution in [0.25, 0.3) is 33.5 Å². The third kappa shape index (κ3) is 2.42. The molecule has 0 aliphatic carbocycles. The lowest BCUT2D eigenvalue weighted by molar-refractivity contribution is 0.477. The Hall–Kier alpha value is -3.20. The highest BCUT2D eigenvalue weighted by molar-refractivity contribution is 5.93. The number of aromatic hydroxyl groups is 1. The molecule has 0 amide bonds. The molecule has 0 spiro atoms. The number of aromatic nitrogens is 2. The largest absolute Gasteiger partial charge is 0.507 e. The van der Waals surface area contributed by atoms with Gasteiger partial charge in [0.05, 0.1) is 16.8 Å². The van der Waals surface area contributed by atoms with Crippen LogP contribution in [0.2, 0.25) is 0 Å². The predicted octanol–water partition coefficient (Wildman–Crippen LogP) is 4.67. The number of phenols is 1. The van der Waals surface area contributed by atoms with Gasteiger partial charge in [0.15, 0.2) is 5.82 Å². The first-order chi connectivity index (χ1) is 11.3. The number of hydrogen-bond donors (Lipinski definition) is 1. The normalized spacial score (nSPS) is 10.8. The van der Waals surface area contributed by atoms with E-state index in [0.29, 0.717) is 11.4 Å². The zero-order valence-electron chi connectivity index (χ0n) is 12.3. The zero-order valence-corrected chi connectivity index (χ0v) is 12.3. The van der Waals surface area contributed by atoms with E-state index in [1.165, 1.54) is 0 Å². The van der Waals surface area contributed by atoms with Gasteiger partial charge in [-0.25, -0.2) is 9.97 Å². The Balaban J connectivity index is 2.04. The Labute approximate surface area is 133 Å². The maximum Gasteiger partial charge on any atom is 0.164 e. The van der Waals surface area contributed by atoms with E-state index in [-0.39, 0.29) is 5.75 Å². The molecule has 0 radical (unpaired) electrons. The van der Waals surface area contributed by atoms with Crippen LogP contribution < -0.4 is 0 Å². The molecule has 3 aromatic carbocycles. The molecule has 0 bridgehead atoms. The van der Waals surface area contributed by atoms with Crippen molar-refractivity contribution in [1.82, 2.24) is 9.97 Å². The van der Waals surface area contributed by atoms with Crippen LogP contribution >= 0.6 is 0 Å². The van der Waals surface area contributed by atoms with E-state index in [4.69, 9.17) is 4.98 Å². The van der Waals surface area contributed by atoms with Crippen LogP contribution in [-0.2, 0) is 0 Å². The van der Waals surface area contributed by atoms with Gasteiger partial charge in [-0.05, 0) is 18.2 Å². The molecule has 0 saturated heterocycles. The summed E-state index contributed by atoms with van der Waals surface area (Å²) < 4.78 is 0. The average Bonchev–Trinajstić information content (AvgIpc) is 2.62.